The molecule has 0 aliphatic heterocycles. The minimum Gasteiger partial charge on any atom is -0.396 e. The molecule has 16 heavy (non-hydrogen) atoms. The maximum Gasteiger partial charge on any atom is 0.471 e. The molecular formula is C9H8F4N2O. The maximum atomic E-state index is 13.0. The molecule has 0 bridgehead atoms. The quantitative estimate of drug-likeness (QED) is 0.598. The van der Waals surface area contributed by atoms with Gasteiger partial charge in [-0.25, -0.2) is 4.39 Å². The molecule has 1 aromatic carbocycles. The van der Waals surface area contributed by atoms with Gasteiger partial charge in [0.1, 0.15) is 5.82 Å². The molecule has 0 spiro atoms. The number of benzene rings is 1. The third-order valence-corrected chi connectivity index (χ3v) is 1.92. The molecule has 0 unspecified atom stereocenters. The number of hydrogen-bond donors (Lipinski definition) is 1. The lowest BCUT2D eigenvalue weighted by Crippen LogP contribution is -2.38. The Hall–Kier alpha value is -1.79. The molecule has 0 radical (unpaired) electrons. The van der Waals surface area contributed by atoms with Gasteiger partial charge in [0.25, 0.3) is 0 Å². The van der Waals surface area contributed by atoms with E-state index in [0.717, 1.165) is 25.2 Å². The number of halogens is 4. The third-order valence-electron chi connectivity index (χ3n) is 1.92. The Kier molecular flexibility index (Phi) is 3.06. The maximum absolute atomic E-state index is 13.0. The largest absolute Gasteiger partial charge is 0.471 e. The van der Waals surface area contributed by atoms with Crippen LogP contribution in [-0.2, 0) is 4.79 Å². The van der Waals surface area contributed by atoms with Gasteiger partial charge in [0.2, 0.25) is 0 Å². The highest BCUT2D eigenvalue weighted by Crippen LogP contribution is 2.24. The SMILES string of the molecule is CN(C(=O)C(F)(F)F)c1ccc(N)c(F)c1. The molecule has 0 aliphatic rings. The molecule has 1 aromatic rings. The van der Waals surface area contributed by atoms with Gasteiger partial charge < -0.3 is 10.6 Å². The zero-order valence-electron chi connectivity index (χ0n) is 8.18. The number of hydrogen-bond acceptors (Lipinski definition) is 2. The lowest BCUT2D eigenvalue weighted by molar-refractivity contribution is -0.170. The van der Waals surface area contributed by atoms with Crippen LogP contribution in [-0.4, -0.2) is 19.1 Å². The van der Waals surface area contributed by atoms with Crippen molar-refractivity contribution in [2.45, 2.75) is 6.18 Å². The fourth-order valence-electron chi connectivity index (χ4n) is 1.03. The van der Waals surface area contributed by atoms with Crippen molar-refractivity contribution >= 4 is 17.3 Å². The lowest BCUT2D eigenvalue weighted by atomic mass is 10.2. The fourth-order valence-corrected chi connectivity index (χ4v) is 1.03. The van der Waals surface area contributed by atoms with Gasteiger partial charge in [0, 0.05) is 12.7 Å². The minimum atomic E-state index is -4.99. The van der Waals surface area contributed by atoms with E-state index in [9.17, 15) is 22.4 Å². The zero-order valence-corrected chi connectivity index (χ0v) is 8.18. The topological polar surface area (TPSA) is 46.3 Å². The molecule has 3 nitrogen and oxygen atoms in total. The highest BCUT2D eigenvalue weighted by atomic mass is 19.4. The monoisotopic (exact) mass is 236 g/mol. The van der Waals surface area contributed by atoms with Gasteiger partial charge in [-0.3, -0.25) is 4.79 Å². The van der Waals surface area contributed by atoms with Gasteiger partial charge in [-0.15, -0.1) is 0 Å². The van der Waals surface area contributed by atoms with Gasteiger partial charge in [-0.2, -0.15) is 13.2 Å². The molecule has 0 atom stereocenters. The van der Waals surface area contributed by atoms with Crippen LogP contribution in [0.5, 0.6) is 0 Å². The number of anilines is 2. The van der Waals surface area contributed by atoms with E-state index in [1.165, 1.54) is 0 Å². The van der Waals surface area contributed by atoms with Crippen LogP contribution in [0, 0.1) is 5.82 Å². The summed E-state index contributed by atoms with van der Waals surface area (Å²) in [5.74, 6) is -2.95. The number of amides is 1. The number of nitrogens with two attached hydrogens (primary N) is 1. The summed E-state index contributed by atoms with van der Waals surface area (Å²) < 4.78 is 49.1. The summed E-state index contributed by atoms with van der Waals surface area (Å²) >= 11 is 0. The van der Waals surface area contributed by atoms with Crippen molar-refractivity contribution in [1.82, 2.24) is 0 Å². The summed E-state index contributed by atoms with van der Waals surface area (Å²) in [5.41, 5.74) is 4.74. The molecule has 88 valence electrons. The second-order valence-corrected chi connectivity index (χ2v) is 3.07. The van der Waals surface area contributed by atoms with E-state index in [1.807, 2.05) is 0 Å². The van der Waals surface area contributed by atoms with E-state index >= 15 is 0 Å². The van der Waals surface area contributed by atoms with E-state index in [-0.39, 0.29) is 11.4 Å². The van der Waals surface area contributed by atoms with E-state index in [1.54, 1.807) is 0 Å². The van der Waals surface area contributed by atoms with Crippen LogP contribution >= 0.6 is 0 Å². The first-order valence-corrected chi connectivity index (χ1v) is 4.13. The average Bonchev–Trinajstić information content (AvgIpc) is 2.18. The first kappa shape index (κ1) is 12.3. The van der Waals surface area contributed by atoms with Crippen LogP contribution in [0.1, 0.15) is 0 Å². The zero-order chi connectivity index (χ0) is 12.5. The number of rotatable bonds is 1. The summed E-state index contributed by atoms with van der Waals surface area (Å²) in [4.78, 5) is 11.1. The van der Waals surface area contributed by atoms with Gasteiger partial charge >= 0.3 is 12.1 Å². The first-order valence-electron chi connectivity index (χ1n) is 4.13. The first-order chi connectivity index (χ1) is 7.23. The van der Waals surface area contributed by atoms with Gasteiger partial charge in [0.15, 0.2) is 0 Å². The molecule has 0 saturated carbocycles. The standard InChI is InChI=1S/C9H8F4N2O/c1-15(8(16)9(11,12)13)5-2-3-7(14)6(10)4-5/h2-4H,14H2,1H3. The van der Waals surface area contributed by atoms with E-state index < -0.39 is 17.9 Å². The van der Waals surface area contributed by atoms with Crippen LogP contribution in [0.15, 0.2) is 18.2 Å². The average molecular weight is 236 g/mol. The Morgan fingerprint density at radius 2 is 1.94 bits per heavy atom. The van der Waals surface area contributed by atoms with E-state index in [4.69, 9.17) is 5.73 Å². The summed E-state index contributed by atoms with van der Waals surface area (Å²) in [7, 11) is 0.904. The Bertz CT molecular complexity index is 416. The third kappa shape index (κ3) is 2.41. The van der Waals surface area contributed by atoms with Crippen molar-refractivity contribution < 1.29 is 22.4 Å². The molecule has 0 aliphatic carbocycles. The van der Waals surface area contributed by atoms with Crippen molar-refractivity contribution in [3.05, 3.63) is 24.0 Å². The Labute approximate surface area is 88.4 Å². The predicted molar refractivity (Wildman–Crippen MR) is 50.3 cm³/mol. The highest BCUT2D eigenvalue weighted by molar-refractivity contribution is 5.96. The van der Waals surface area contributed by atoms with Crippen molar-refractivity contribution in [3.63, 3.8) is 0 Å². The van der Waals surface area contributed by atoms with Gasteiger partial charge in [-0.05, 0) is 18.2 Å². The number of nitrogens with zero attached hydrogens (tertiary/aromatic N) is 1. The normalized spacial score (nSPS) is 11.3. The highest BCUT2D eigenvalue weighted by Gasteiger charge is 2.41. The molecule has 0 aromatic heterocycles. The van der Waals surface area contributed by atoms with Crippen molar-refractivity contribution in [3.8, 4) is 0 Å². The molecule has 0 saturated heterocycles. The Balaban J connectivity index is 3.01. The van der Waals surface area contributed by atoms with E-state index in [0.29, 0.717) is 4.90 Å². The molecular weight excluding hydrogens is 228 g/mol. The van der Waals surface area contributed by atoms with Crippen molar-refractivity contribution in [2.75, 3.05) is 17.7 Å². The summed E-state index contributed by atoms with van der Waals surface area (Å²) in [6.07, 6.45) is -4.99. The van der Waals surface area contributed by atoms with Crippen molar-refractivity contribution in [1.29, 1.82) is 0 Å². The molecule has 1 amide bonds. The molecule has 2 N–H and O–H groups in total. The smallest absolute Gasteiger partial charge is 0.396 e. The van der Waals surface area contributed by atoms with Crippen LogP contribution in [0.2, 0.25) is 0 Å². The molecule has 0 heterocycles. The van der Waals surface area contributed by atoms with Crippen LogP contribution < -0.4 is 10.6 Å². The molecule has 1 rings (SSSR count). The minimum absolute atomic E-state index is 0.198. The summed E-state index contributed by atoms with van der Waals surface area (Å²) in [6, 6.07) is 2.98. The van der Waals surface area contributed by atoms with Gasteiger partial charge in [-0.1, -0.05) is 0 Å². The predicted octanol–water partition coefficient (Wildman–Crippen LogP) is 1.93. The molecule has 0 fully saturated rings. The Morgan fingerprint density at radius 1 is 1.38 bits per heavy atom. The fraction of sp³-hybridized carbons (Fsp3) is 0.222. The lowest BCUT2D eigenvalue weighted by Gasteiger charge is -2.18. The summed E-state index contributed by atoms with van der Waals surface area (Å²) in [5, 5.41) is 0. The second-order valence-electron chi connectivity index (χ2n) is 3.07. The number of carbonyl (C=O) groups excluding carboxylic acids is 1. The second kappa shape index (κ2) is 3.99. The van der Waals surface area contributed by atoms with Crippen LogP contribution in [0.3, 0.4) is 0 Å². The summed E-state index contributed by atoms with van der Waals surface area (Å²) in [6.45, 7) is 0. The van der Waals surface area contributed by atoms with Crippen molar-refractivity contribution in [2.24, 2.45) is 0 Å². The Morgan fingerprint density at radius 3 is 2.38 bits per heavy atom. The van der Waals surface area contributed by atoms with Gasteiger partial charge in [0.05, 0.1) is 5.69 Å². The number of carbonyl (C=O) groups is 1. The van der Waals surface area contributed by atoms with Crippen LogP contribution in [0.4, 0.5) is 28.9 Å². The van der Waals surface area contributed by atoms with Crippen LogP contribution in [0.25, 0.3) is 0 Å². The number of nitrogen functional groups attached to an aromatic ring is 1. The van der Waals surface area contributed by atoms with E-state index in [2.05, 4.69) is 0 Å². The number of alkyl halides is 3. The molecule has 7 heteroatoms.